The van der Waals surface area contributed by atoms with Crippen molar-refractivity contribution >= 4 is 24.0 Å². The molecule has 0 bridgehead atoms. The molecule has 2 aromatic carbocycles. The largest absolute Gasteiger partial charge is 0.475 e. The minimum atomic E-state index is -1.72. The van der Waals surface area contributed by atoms with Gasteiger partial charge in [-0.2, -0.15) is 0 Å². The third-order valence-corrected chi connectivity index (χ3v) is 4.29. The summed E-state index contributed by atoms with van der Waals surface area (Å²) in [7, 11) is -1.72. The highest BCUT2D eigenvalue weighted by atomic mass is 19.1. The Morgan fingerprint density at radius 3 is 2.62 bits per heavy atom. The summed E-state index contributed by atoms with van der Waals surface area (Å²) in [6.45, 7) is 0. The van der Waals surface area contributed by atoms with Gasteiger partial charge in [-0.05, 0) is 36.1 Å². The number of nitrogens with one attached hydrogen (secondary N) is 1. The van der Waals surface area contributed by atoms with E-state index in [-0.39, 0.29) is 31.0 Å². The van der Waals surface area contributed by atoms with Gasteiger partial charge in [-0.15, -0.1) is 0 Å². The van der Waals surface area contributed by atoms with Crippen molar-refractivity contribution in [2.24, 2.45) is 0 Å². The summed E-state index contributed by atoms with van der Waals surface area (Å²) >= 11 is 0. The molecule has 3 aromatic rings. The molecular formula is C19H19BFNO4. The van der Waals surface area contributed by atoms with E-state index < -0.39 is 13.1 Å². The zero-order valence-corrected chi connectivity index (χ0v) is 14.1. The number of hydrogen-bond acceptors (Lipinski definition) is 4. The highest BCUT2D eigenvalue weighted by Gasteiger charge is 2.26. The molecular weight excluding hydrogens is 336 g/mol. The molecule has 26 heavy (non-hydrogen) atoms. The minimum absolute atomic E-state index is 0.0519. The Morgan fingerprint density at radius 2 is 1.85 bits per heavy atom. The minimum Gasteiger partial charge on any atom is -0.464 e. The summed E-state index contributed by atoms with van der Waals surface area (Å²) in [6.07, 6.45) is 2.04. The maximum absolute atomic E-state index is 13.6. The average Bonchev–Trinajstić information content (AvgIpc) is 3.03. The molecule has 1 heterocycles. The van der Waals surface area contributed by atoms with Crippen LogP contribution < -0.4 is 5.32 Å². The highest BCUT2D eigenvalue weighted by Crippen LogP contribution is 2.22. The Balaban J connectivity index is 1.63. The molecule has 3 N–H and O–H groups in total. The SMILES string of the molecule is O=C(CCc1ccccc1F)N[C@@H](Cc1coc2ccccc12)B(O)O. The third-order valence-electron chi connectivity index (χ3n) is 4.29. The number of amides is 1. The first-order valence-electron chi connectivity index (χ1n) is 8.38. The fourth-order valence-corrected chi connectivity index (χ4v) is 2.89. The van der Waals surface area contributed by atoms with Gasteiger partial charge in [-0.1, -0.05) is 36.4 Å². The first-order valence-corrected chi connectivity index (χ1v) is 8.38. The standard InChI is InChI=1S/C19H19BFNO4/c21-16-7-3-1-5-13(16)9-10-19(23)22-18(20(24)25)11-14-12-26-17-8-4-2-6-15(14)17/h1-8,12,18,24-25H,9-11H2,(H,22,23)/t18-/m0/s1. The van der Waals surface area contributed by atoms with Crippen LogP contribution in [0, 0.1) is 5.82 Å². The van der Waals surface area contributed by atoms with Gasteiger partial charge in [0.15, 0.2) is 0 Å². The molecule has 0 aliphatic rings. The fraction of sp³-hybridized carbons (Fsp3) is 0.211. The number of benzene rings is 2. The van der Waals surface area contributed by atoms with Crippen LogP contribution in [-0.4, -0.2) is 29.0 Å². The van der Waals surface area contributed by atoms with Crippen molar-refractivity contribution in [1.29, 1.82) is 0 Å². The molecule has 1 amide bonds. The van der Waals surface area contributed by atoms with Gasteiger partial charge < -0.3 is 19.8 Å². The Morgan fingerprint density at radius 1 is 1.12 bits per heavy atom. The fourth-order valence-electron chi connectivity index (χ4n) is 2.89. The first-order chi connectivity index (χ1) is 12.5. The first kappa shape index (κ1) is 18.2. The lowest BCUT2D eigenvalue weighted by Crippen LogP contribution is -2.47. The summed E-state index contributed by atoms with van der Waals surface area (Å²) in [6, 6.07) is 13.7. The van der Waals surface area contributed by atoms with Gasteiger partial charge in [0.2, 0.25) is 5.91 Å². The van der Waals surface area contributed by atoms with Crippen molar-refractivity contribution in [3.05, 3.63) is 71.7 Å². The second-order valence-electron chi connectivity index (χ2n) is 6.14. The third kappa shape index (κ3) is 4.31. The summed E-state index contributed by atoms with van der Waals surface area (Å²) in [5.41, 5.74) is 1.91. The number of hydrogen-bond donors (Lipinski definition) is 3. The van der Waals surface area contributed by atoms with Gasteiger partial charge in [0.1, 0.15) is 11.4 Å². The molecule has 0 aliphatic heterocycles. The number of carbonyl (C=O) groups excluding carboxylic acids is 1. The molecule has 3 rings (SSSR count). The maximum atomic E-state index is 13.6. The zero-order valence-electron chi connectivity index (χ0n) is 14.1. The van der Waals surface area contributed by atoms with Gasteiger partial charge in [0, 0.05) is 11.8 Å². The van der Waals surface area contributed by atoms with Crippen molar-refractivity contribution in [2.75, 3.05) is 0 Å². The molecule has 0 aliphatic carbocycles. The molecule has 1 atom stereocenters. The van der Waals surface area contributed by atoms with Crippen LogP contribution in [0.3, 0.4) is 0 Å². The highest BCUT2D eigenvalue weighted by molar-refractivity contribution is 6.43. The second kappa shape index (κ2) is 8.16. The number of carbonyl (C=O) groups is 1. The monoisotopic (exact) mass is 355 g/mol. The predicted molar refractivity (Wildman–Crippen MR) is 96.8 cm³/mol. The topological polar surface area (TPSA) is 82.7 Å². The Kier molecular flexibility index (Phi) is 5.70. The number of fused-ring (bicyclic) bond motifs is 1. The van der Waals surface area contributed by atoms with Crippen molar-refractivity contribution < 1.29 is 23.7 Å². The lowest BCUT2D eigenvalue weighted by atomic mass is 9.76. The van der Waals surface area contributed by atoms with Crippen LogP contribution in [0.4, 0.5) is 4.39 Å². The van der Waals surface area contributed by atoms with E-state index in [1.165, 1.54) is 6.07 Å². The molecule has 0 spiro atoms. The van der Waals surface area contributed by atoms with Crippen molar-refractivity contribution in [3.63, 3.8) is 0 Å². The number of rotatable bonds is 7. The van der Waals surface area contributed by atoms with E-state index in [1.54, 1.807) is 24.5 Å². The Labute approximate surface area is 150 Å². The summed E-state index contributed by atoms with van der Waals surface area (Å²) in [5, 5.41) is 22.7. The Bertz CT molecular complexity index is 896. The van der Waals surface area contributed by atoms with E-state index in [9.17, 15) is 19.2 Å². The van der Waals surface area contributed by atoms with E-state index in [0.29, 0.717) is 11.1 Å². The lowest BCUT2D eigenvalue weighted by Gasteiger charge is -2.17. The Hall–Kier alpha value is -2.64. The lowest BCUT2D eigenvalue weighted by molar-refractivity contribution is -0.121. The van der Waals surface area contributed by atoms with Crippen LogP contribution in [0.25, 0.3) is 11.0 Å². The molecule has 0 saturated carbocycles. The number of halogens is 1. The van der Waals surface area contributed by atoms with Gasteiger partial charge in [0.05, 0.1) is 12.2 Å². The quantitative estimate of drug-likeness (QED) is 0.568. The maximum Gasteiger partial charge on any atom is 0.475 e. The van der Waals surface area contributed by atoms with Crippen molar-refractivity contribution in [3.8, 4) is 0 Å². The summed E-state index contributed by atoms with van der Waals surface area (Å²) in [5.74, 6) is -1.62. The van der Waals surface area contributed by atoms with Gasteiger partial charge in [-0.3, -0.25) is 4.79 Å². The van der Waals surface area contributed by atoms with Crippen LogP contribution in [-0.2, 0) is 17.6 Å². The molecule has 134 valence electrons. The summed E-state index contributed by atoms with van der Waals surface area (Å²) in [4.78, 5) is 12.2. The number of aryl methyl sites for hydroxylation is 1. The average molecular weight is 355 g/mol. The van der Waals surface area contributed by atoms with Gasteiger partial charge in [0.25, 0.3) is 0 Å². The molecule has 1 aromatic heterocycles. The number of furan rings is 1. The number of para-hydroxylation sites is 1. The molecule has 0 fully saturated rings. The van der Waals surface area contributed by atoms with Crippen LogP contribution >= 0.6 is 0 Å². The van der Waals surface area contributed by atoms with E-state index in [0.717, 1.165) is 10.9 Å². The van der Waals surface area contributed by atoms with Crippen molar-refractivity contribution in [2.45, 2.75) is 25.2 Å². The van der Waals surface area contributed by atoms with Crippen LogP contribution in [0.1, 0.15) is 17.5 Å². The predicted octanol–water partition coefficient (Wildman–Crippen LogP) is 2.24. The van der Waals surface area contributed by atoms with Crippen molar-refractivity contribution in [1.82, 2.24) is 5.32 Å². The van der Waals surface area contributed by atoms with Crippen LogP contribution in [0.15, 0.2) is 59.2 Å². The van der Waals surface area contributed by atoms with E-state index in [2.05, 4.69) is 5.32 Å². The van der Waals surface area contributed by atoms with E-state index >= 15 is 0 Å². The van der Waals surface area contributed by atoms with Gasteiger partial charge in [-0.25, -0.2) is 4.39 Å². The molecule has 0 radical (unpaired) electrons. The molecule has 5 nitrogen and oxygen atoms in total. The normalized spacial score (nSPS) is 12.1. The second-order valence-corrected chi connectivity index (χ2v) is 6.14. The molecule has 0 saturated heterocycles. The molecule has 0 unspecified atom stereocenters. The zero-order chi connectivity index (χ0) is 18.5. The summed E-state index contributed by atoms with van der Waals surface area (Å²) < 4.78 is 19.0. The van der Waals surface area contributed by atoms with Crippen LogP contribution in [0.2, 0.25) is 0 Å². The van der Waals surface area contributed by atoms with Crippen LogP contribution in [0.5, 0.6) is 0 Å². The smallest absolute Gasteiger partial charge is 0.464 e. The van der Waals surface area contributed by atoms with E-state index in [1.807, 2.05) is 24.3 Å². The van der Waals surface area contributed by atoms with Gasteiger partial charge >= 0.3 is 7.12 Å². The van der Waals surface area contributed by atoms with E-state index in [4.69, 9.17) is 4.42 Å². The molecule has 7 heteroatoms.